The molecule has 2 rings (SSSR count). The highest BCUT2D eigenvalue weighted by atomic mass is 35.5. The maximum atomic E-state index is 13.0. The minimum absolute atomic E-state index is 0.334. The molecule has 0 fully saturated rings. The Kier molecular flexibility index (Phi) is 4.25. The number of hydrogen-bond acceptors (Lipinski definition) is 1. The highest BCUT2D eigenvalue weighted by Crippen LogP contribution is 2.20. The molecule has 20 heavy (non-hydrogen) atoms. The van der Waals surface area contributed by atoms with Crippen LogP contribution in [0.4, 0.5) is 20.6 Å². The number of aryl methyl sites for hydroxylation is 2. The van der Waals surface area contributed by atoms with Crippen molar-refractivity contribution in [2.24, 2.45) is 0 Å². The van der Waals surface area contributed by atoms with Crippen LogP contribution in [-0.2, 0) is 0 Å². The summed E-state index contributed by atoms with van der Waals surface area (Å²) in [5.41, 5.74) is 2.74. The molecule has 2 N–H and O–H groups in total. The Hall–Kier alpha value is -2.07. The topological polar surface area (TPSA) is 41.1 Å². The molecule has 0 aliphatic carbocycles. The van der Waals surface area contributed by atoms with Gasteiger partial charge in [0.05, 0.1) is 0 Å². The van der Waals surface area contributed by atoms with Gasteiger partial charge < -0.3 is 10.6 Å². The van der Waals surface area contributed by atoms with E-state index in [-0.39, 0.29) is 5.82 Å². The molecule has 2 aromatic rings. The third-order valence-electron chi connectivity index (χ3n) is 2.87. The van der Waals surface area contributed by atoms with Crippen LogP contribution in [0, 0.1) is 19.7 Å². The lowest BCUT2D eigenvalue weighted by Crippen LogP contribution is -2.20. The number of carbonyl (C=O) groups excluding carboxylic acids is 1. The van der Waals surface area contributed by atoms with E-state index >= 15 is 0 Å². The summed E-state index contributed by atoms with van der Waals surface area (Å²) in [6, 6.07) is 9.03. The van der Waals surface area contributed by atoms with Crippen molar-refractivity contribution in [1.82, 2.24) is 0 Å². The van der Waals surface area contributed by atoms with Gasteiger partial charge in [0, 0.05) is 16.4 Å². The van der Waals surface area contributed by atoms with E-state index in [1.165, 1.54) is 18.2 Å². The monoisotopic (exact) mass is 292 g/mol. The maximum absolute atomic E-state index is 13.0. The van der Waals surface area contributed by atoms with Crippen LogP contribution < -0.4 is 10.6 Å². The Balaban J connectivity index is 2.07. The van der Waals surface area contributed by atoms with Crippen molar-refractivity contribution in [2.75, 3.05) is 10.6 Å². The number of urea groups is 1. The second-order valence-corrected chi connectivity index (χ2v) is 4.91. The van der Waals surface area contributed by atoms with Gasteiger partial charge in [-0.2, -0.15) is 0 Å². The van der Waals surface area contributed by atoms with Crippen LogP contribution in [0.5, 0.6) is 0 Å². The van der Waals surface area contributed by atoms with E-state index in [0.29, 0.717) is 22.0 Å². The van der Waals surface area contributed by atoms with E-state index in [1.54, 1.807) is 19.1 Å². The first kappa shape index (κ1) is 14.3. The summed E-state index contributed by atoms with van der Waals surface area (Å²) in [5, 5.41) is 5.92. The van der Waals surface area contributed by atoms with Crippen molar-refractivity contribution in [3.05, 3.63) is 58.4 Å². The smallest absolute Gasteiger partial charge is 0.308 e. The van der Waals surface area contributed by atoms with Crippen molar-refractivity contribution >= 4 is 29.0 Å². The SMILES string of the molecule is Cc1ccc(NC(=O)Nc2ccc(F)cc2C)cc1Cl. The number of benzene rings is 2. The molecular weight excluding hydrogens is 279 g/mol. The molecular formula is C15H14ClFN2O. The summed E-state index contributed by atoms with van der Waals surface area (Å²) in [7, 11) is 0. The van der Waals surface area contributed by atoms with Crippen molar-refractivity contribution in [3.63, 3.8) is 0 Å². The number of carbonyl (C=O) groups is 1. The van der Waals surface area contributed by atoms with E-state index in [0.717, 1.165) is 5.56 Å². The third-order valence-corrected chi connectivity index (χ3v) is 3.27. The molecule has 0 spiro atoms. The molecule has 2 aromatic carbocycles. The molecule has 2 amide bonds. The van der Waals surface area contributed by atoms with Crippen LogP contribution in [-0.4, -0.2) is 6.03 Å². The molecule has 0 saturated heterocycles. The van der Waals surface area contributed by atoms with Gasteiger partial charge in [0.2, 0.25) is 0 Å². The van der Waals surface area contributed by atoms with Crippen LogP contribution in [0.25, 0.3) is 0 Å². The first-order valence-electron chi connectivity index (χ1n) is 6.06. The summed E-state index contributed by atoms with van der Waals surface area (Å²) < 4.78 is 13.0. The molecule has 3 nitrogen and oxygen atoms in total. The first-order valence-corrected chi connectivity index (χ1v) is 6.44. The molecule has 0 aliphatic rings. The summed E-state index contributed by atoms with van der Waals surface area (Å²) >= 11 is 5.99. The lowest BCUT2D eigenvalue weighted by Gasteiger charge is -2.10. The highest BCUT2D eigenvalue weighted by molar-refractivity contribution is 6.31. The Morgan fingerprint density at radius 1 is 1.05 bits per heavy atom. The van der Waals surface area contributed by atoms with E-state index in [1.807, 2.05) is 13.0 Å². The number of nitrogens with one attached hydrogen (secondary N) is 2. The predicted octanol–water partition coefficient (Wildman–Crippen LogP) is 4.74. The minimum Gasteiger partial charge on any atom is -0.308 e. The summed E-state index contributed by atoms with van der Waals surface area (Å²) in [6.45, 7) is 3.61. The van der Waals surface area contributed by atoms with Gasteiger partial charge in [0.25, 0.3) is 0 Å². The minimum atomic E-state index is -0.403. The Morgan fingerprint density at radius 3 is 2.45 bits per heavy atom. The standard InChI is InChI=1S/C15H14ClFN2O/c1-9-3-5-12(8-13(9)16)18-15(20)19-14-6-4-11(17)7-10(14)2/h3-8H,1-2H3,(H2,18,19,20). The second kappa shape index (κ2) is 5.92. The number of hydrogen-bond donors (Lipinski definition) is 2. The van der Waals surface area contributed by atoms with Crippen molar-refractivity contribution in [1.29, 1.82) is 0 Å². The van der Waals surface area contributed by atoms with Crippen molar-refractivity contribution < 1.29 is 9.18 Å². The van der Waals surface area contributed by atoms with Gasteiger partial charge >= 0.3 is 6.03 Å². The van der Waals surface area contributed by atoms with Gasteiger partial charge in [-0.25, -0.2) is 9.18 Å². The lowest BCUT2D eigenvalue weighted by molar-refractivity contribution is 0.262. The summed E-state index contributed by atoms with van der Waals surface area (Å²) in [6.07, 6.45) is 0. The van der Waals surface area contributed by atoms with Crippen LogP contribution in [0.2, 0.25) is 5.02 Å². The average molecular weight is 293 g/mol. The van der Waals surface area contributed by atoms with E-state index < -0.39 is 6.03 Å². The number of amides is 2. The van der Waals surface area contributed by atoms with Crippen LogP contribution in [0.15, 0.2) is 36.4 Å². The Bertz CT molecular complexity index is 658. The molecule has 0 unspecified atom stereocenters. The van der Waals surface area contributed by atoms with Gasteiger partial charge in [0.1, 0.15) is 5.82 Å². The van der Waals surface area contributed by atoms with Crippen molar-refractivity contribution in [3.8, 4) is 0 Å². The van der Waals surface area contributed by atoms with Gasteiger partial charge in [0.15, 0.2) is 0 Å². The van der Waals surface area contributed by atoms with E-state index in [2.05, 4.69) is 10.6 Å². The number of halogens is 2. The zero-order valence-electron chi connectivity index (χ0n) is 11.1. The fourth-order valence-corrected chi connectivity index (χ4v) is 1.90. The molecule has 0 aliphatic heterocycles. The van der Waals surface area contributed by atoms with Crippen LogP contribution >= 0.6 is 11.6 Å². The fraction of sp³-hybridized carbons (Fsp3) is 0.133. The quantitative estimate of drug-likeness (QED) is 0.824. The summed E-state index contributed by atoms with van der Waals surface area (Å²) in [4.78, 5) is 11.9. The van der Waals surface area contributed by atoms with E-state index in [9.17, 15) is 9.18 Å². The second-order valence-electron chi connectivity index (χ2n) is 4.50. The Morgan fingerprint density at radius 2 is 1.80 bits per heavy atom. The molecule has 0 atom stereocenters. The predicted molar refractivity (Wildman–Crippen MR) is 80.0 cm³/mol. The molecule has 0 bridgehead atoms. The van der Waals surface area contributed by atoms with Crippen LogP contribution in [0.3, 0.4) is 0 Å². The molecule has 0 saturated carbocycles. The zero-order chi connectivity index (χ0) is 14.7. The van der Waals surface area contributed by atoms with Crippen LogP contribution in [0.1, 0.15) is 11.1 Å². The average Bonchev–Trinajstić information content (AvgIpc) is 2.37. The highest BCUT2D eigenvalue weighted by Gasteiger charge is 2.06. The molecule has 104 valence electrons. The molecule has 0 aromatic heterocycles. The third kappa shape index (κ3) is 3.48. The summed E-state index contributed by atoms with van der Waals surface area (Å²) in [5.74, 6) is -0.334. The molecule has 0 heterocycles. The van der Waals surface area contributed by atoms with Gasteiger partial charge in [-0.1, -0.05) is 17.7 Å². The zero-order valence-corrected chi connectivity index (χ0v) is 11.9. The largest absolute Gasteiger partial charge is 0.323 e. The maximum Gasteiger partial charge on any atom is 0.323 e. The van der Waals surface area contributed by atoms with E-state index in [4.69, 9.17) is 11.6 Å². The number of rotatable bonds is 2. The molecule has 5 heteroatoms. The first-order chi connectivity index (χ1) is 9.45. The Labute approximate surface area is 121 Å². The van der Waals surface area contributed by atoms with Gasteiger partial charge in [-0.3, -0.25) is 0 Å². The number of anilines is 2. The van der Waals surface area contributed by atoms with Gasteiger partial charge in [-0.15, -0.1) is 0 Å². The van der Waals surface area contributed by atoms with Gasteiger partial charge in [-0.05, 0) is 55.3 Å². The van der Waals surface area contributed by atoms with Crippen molar-refractivity contribution in [2.45, 2.75) is 13.8 Å². The lowest BCUT2D eigenvalue weighted by atomic mass is 10.2. The molecule has 0 radical (unpaired) electrons. The fourth-order valence-electron chi connectivity index (χ4n) is 1.72. The normalized spacial score (nSPS) is 10.2.